The van der Waals surface area contributed by atoms with E-state index in [-0.39, 0.29) is 17.9 Å². The first-order valence-electron chi connectivity index (χ1n) is 9.04. The molecule has 0 aliphatic rings. The lowest BCUT2D eigenvalue weighted by Crippen LogP contribution is -2.25. The maximum atomic E-state index is 13.6. The van der Waals surface area contributed by atoms with Crippen molar-refractivity contribution in [3.05, 3.63) is 97.6 Å². The van der Waals surface area contributed by atoms with Gasteiger partial charge >= 0.3 is 0 Å². The highest BCUT2D eigenvalue weighted by Crippen LogP contribution is 2.23. The predicted octanol–water partition coefficient (Wildman–Crippen LogP) is 5.45. The fourth-order valence-electron chi connectivity index (χ4n) is 3.18. The Morgan fingerprint density at radius 3 is 2.61 bits per heavy atom. The predicted molar refractivity (Wildman–Crippen MR) is 113 cm³/mol. The molecule has 0 radical (unpaired) electrons. The van der Waals surface area contributed by atoms with Gasteiger partial charge < -0.3 is 0 Å². The molecule has 28 heavy (non-hydrogen) atoms. The summed E-state index contributed by atoms with van der Waals surface area (Å²) in [4.78, 5) is 19.9. The Bertz CT molecular complexity index is 1200. The van der Waals surface area contributed by atoms with Gasteiger partial charge in [-0.1, -0.05) is 42.8 Å². The van der Waals surface area contributed by atoms with Crippen LogP contribution in [0.3, 0.4) is 0 Å². The lowest BCUT2D eigenvalue weighted by Gasteiger charge is -2.13. The van der Waals surface area contributed by atoms with Crippen LogP contribution in [0.15, 0.2) is 59.4 Å². The highest BCUT2D eigenvalue weighted by atomic mass is 35.5. The van der Waals surface area contributed by atoms with Gasteiger partial charge in [0.25, 0.3) is 5.56 Å². The fraction of sp³-hybridized carbons (Fsp3) is 0.182. The number of rotatable bonds is 5. The van der Waals surface area contributed by atoms with Crippen LogP contribution in [0.2, 0.25) is 5.02 Å². The molecule has 0 unspecified atom stereocenters. The average Bonchev–Trinajstić information content (AvgIpc) is 3.10. The molecule has 4 aromatic rings. The van der Waals surface area contributed by atoms with E-state index >= 15 is 0 Å². The first kappa shape index (κ1) is 18.8. The van der Waals surface area contributed by atoms with Gasteiger partial charge in [0.1, 0.15) is 16.5 Å². The zero-order valence-electron chi connectivity index (χ0n) is 15.3. The van der Waals surface area contributed by atoms with Gasteiger partial charge in [-0.2, -0.15) is 0 Å². The Balaban J connectivity index is 1.84. The summed E-state index contributed by atoms with van der Waals surface area (Å²) in [7, 11) is 0. The highest BCUT2D eigenvalue weighted by molar-refractivity contribution is 7.18. The van der Waals surface area contributed by atoms with E-state index in [1.807, 2.05) is 36.4 Å². The molecular weight excluding hydrogens is 395 g/mol. The third-order valence-electron chi connectivity index (χ3n) is 4.63. The second-order valence-electron chi connectivity index (χ2n) is 6.64. The lowest BCUT2D eigenvalue weighted by atomic mass is 10.1. The summed E-state index contributed by atoms with van der Waals surface area (Å²) in [6.45, 7) is 2.34. The van der Waals surface area contributed by atoms with Crippen molar-refractivity contribution in [3.8, 4) is 0 Å². The van der Waals surface area contributed by atoms with Gasteiger partial charge in [-0.05, 0) is 47.9 Å². The normalized spacial score (nSPS) is 11.2. The maximum absolute atomic E-state index is 13.6. The minimum Gasteiger partial charge on any atom is -0.291 e. The van der Waals surface area contributed by atoms with E-state index < -0.39 is 0 Å². The number of thiophene rings is 1. The summed E-state index contributed by atoms with van der Waals surface area (Å²) in [6, 6.07) is 15.7. The molecule has 0 aliphatic carbocycles. The summed E-state index contributed by atoms with van der Waals surface area (Å²) in [5, 5.41) is 1.29. The Kier molecular flexibility index (Phi) is 5.29. The number of hydrogen-bond acceptors (Lipinski definition) is 3. The molecule has 4 rings (SSSR count). The Morgan fingerprint density at radius 1 is 1.11 bits per heavy atom. The Morgan fingerprint density at radius 2 is 1.89 bits per heavy atom. The van der Waals surface area contributed by atoms with Gasteiger partial charge in [0.2, 0.25) is 0 Å². The molecule has 3 nitrogen and oxygen atoms in total. The topological polar surface area (TPSA) is 34.9 Å². The van der Waals surface area contributed by atoms with Crippen LogP contribution in [-0.4, -0.2) is 9.55 Å². The number of fused-ring (bicyclic) bond motifs is 1. The van der Waals surface area contributed by atoms with Crippen molar-refractivity contribution in [3.63, 3.8) is 0 Å². The molecule has 0 bridgehead atoms. The van der Waals surface area contributed by atoms with Gasteiger partial charge in [-0.25, -0.2) is 9.37 Å². The lowest BCUT2D eigenvalue weighted by molar-refractivity contribution is 0.620. The molecule has 0 aliphatic heterocycles. The van der Waals surface area contributed by atoms with Crippen LogP contribution in [0.1, 0.15) is 28.8 Å². The molecular formula is C22H18ClFN2OS. The van der Waals surface area contributed by atoms with E-state index in [0.717, 1.165) is 27.3 Å². The van der Waals surface area contributed by atoms with E-state index in [1.165, 1.54) is 12.1 Å². The molecule has 0 N–H and O–H groups in total. The number of hydrogen-bond donors (Lipinski definition) is 0. The first-order chi connectivity index (χ1) is 13.5. The molecule has 2 aromatic heterocycles. The zero-order valence-corrected chi connectivity index (χ0v) is 16.9. The van der Waals surface area contributed by atoms with E-state index in [9.17, 15) is 9.18 Å². The Labute approximate surface area is 171 Å². The van der Waals surface area contributed by atoms with Crippen molar-refractivity contribution in [1.29, 1.82) is 0 Å². The standard InChI is InChI=1S/C22H18ClFN2OS/c1-2-18-12-19-21(28-18)25-20(11-14-6-8-16(23)9-7-14)26(22(19)27)13-15-4-3-5-17(24)10-15/h3-10,12H,2,11,13H2,1H3. The maximum Gasteiger partial charge on any atom is 0.262 e. The first-order valence-corrected chi connectivity index (χ1v) is 10.2. The van der Waals surface area contributed by atoms with E-state index in [0.29, 0.717) is 22.7 Å². The smallest absolute Gasteiger partial charge is 0.262 e. The van der Waals surface area contributed by atoms with Crippen LogP contribution in [0.25, 0.3) is 10.2 Å². The fourth-order valence-corrected chi connectivity index (χ4v) is 4.29. The van der Waals surface area contributed by atoms with E-state index in [2.05, 4.69) is 6.92 Å². The third-order valence-corrected chi connectivity index (χ3v) is 6.06. The summed E-state index contributed by atoms with van der Waals surface area (Å²) in [5.41, 5.74) is 1.65. The minimum absolute atomic E-state index is 0.0887. The second-order valence-corrected chi connectivity index (χ2v) is 8.19. The minimum atomic E-state index is -0.317. The van der Waals surface area contributed by atoms with E-state index in [1.54, 1.807) is 22.0 Å². The zero-order chi connectivity index (χ0) is 19.7. The number of halogens is 2. The quantitative estimate of drug-likeness (QED) is 0.436. The average molecular weight is 413 g/mol. The van der Waals surface area contributed by atoms with Crippen molar-refractivity contribution in [2.45, 2.75) is 26.3 Å². The van der Waals surface area contributed by atoms with Crippen molar-refractivity contribution in [2.75, 3.05) is 0 Å². The summed E-state index contributed by atoms with van der Waals surface area (Å²) < 4.78 is 15.3. The van der Waals surface area contributed by atoms with Crippen molar-refractivity contribution >= 4 is 33.2 Å². The summed E-state index contributed by atoms with van der Waals surface area (Å²) in [5.74, 6) is 0.344. The molecule has 142 valence electrons. The molecule has 0 saturated carbocycles. The number of nitrogens with zero attached hydrogens (tertiary/aromatic N) is 2. The number of benzene rings is 2. The van der Waals surface area contributed by atoms with Gasteiger partial charge in [-0.3, -0.25) is 9.36 Å². The van der Waals surface area contributed by atoms with Crippen LogP contribution in [0, 0.1) is 5.82 Å². The van der Waals surface area contributed by atoms with Crippen molar-refractivity contribution < 1.29 is 4.39 Å². The molecule has 2 heterocycles. The number of aromatic nitrogens is 2. The SMILES string of the molecule is CCc1cc2c(=O)n(Cc3cccc(F)c3)c(Cc3ccc(Cl)cc3)nc2s1. The van der Waals surface area contributed by atoms with Gasteiger partial charge in [0.15, 0.2) is 0 Å². The van der Waals surface area contributed by atoms with Crippen LogP contribution < -0.4 is 5.56 Å². The second kappa shape index (κ2) is 7.86. The van der Waals surface area contributed by atoms with Gasteiger partial charge in [-0.15, -0.1) is 11.3 Å². The molecule has 0 amide bonds. The molecule has 0 saturated heterocycles. The van der Waals surface area contributed by atoms with Crippen LogP contribution >= 0.6 is 22.9 Å². The number of aryl methyl sites for hydroxylation is 1. The van der Waals surface area contributed by atoms with Crippen LogP contribution in [-0.2, 0) is 19.4 Å². The van der Waals surface area contributed by atoms with Gasteiger partial charge in [0.05, 0.1) is 11.9 Å². The molecule has 0 spiro atoms. The van der Waals surface area contributed by atoms with Gasteiger partial charge in [0, 0.05) is 16.3 Å². The Hall–Kier alpha value is -2.50. The largest absolute Gasteiger partial charge is 0.291 e. The third kappa shape index (κ3) is 3.86. The van der Waals surface area contributed by atoms with Crippen LogP contribution in [0.4, 0.5) is 4.39 Å². The van der Waals surface area contributed by atoms with Crippen molar-refractivity contribution in [1.82, 2.24) is 9.55 Å². The highest BCUT2D eigenvalue weighted by Gasteiger charge is 2.15. The van der Waals surface area contributed by atoms with Crippen LogP contribution in [0.5, 0.6) is 0 Å². The summed E-state index contributed by atoms with van der Waals surface area (Å²) in [6.07, 6.45) is 1.36. The summed E-state index contributed by atoms with van der Waals surface area (Å²) >= 11 is 7.54. The molecule has 0 atom stereocenters. The molecule has 2 aromatic carbocycles. The molecule has 6 heteroatoms. The van der Waals surface area contributed by atoms with Crippen molar-refractivity contribution in [2.24, 2.45) is 0 Å². The monoisotopic (exact) mass is 412 g/mol. The van der Waals surface area contributed by atoms with E-state index in [4.69, 9.17) is 16.6 Å². The molecule has 0 fully saturated rings.